The zero-order valence-electron chi connectivity index (χ0n) is 12.5. The van der Waals surface area contributed by atoms with Crippen molar-refractivity contribution in [3.63, 3.8) is 0 Å². The Morgan fingerprint density at radius 1 is 1.30 bits per heavy atom. The maximum absolute atomic E-state index is 12.4. The van der Waals surface area contributed by atoms with Crippen LogP contribution < -0.4 is 5.32 Å². The van der Waals surface area contributed by atoms with Gasteiger partial charge in [0.1, 0.15) is 18.7 Å². The first-order valence-electron chi connectivity index (χ1n) is 7.54. The minimum absolute atomic E-state index is 0.0498. The molecule has 3 amide bonds. The molecule has 1 heterocycles. The number of nitrogens with one attached hydrogen (secondary N) is 1. The average Bonchev–Trinajstić information content (AvgIpc) is 3.07. The van der Waals surface area contributed by atoms with E-state index in [-0.39, 0.29) is 19.1 Å². The standard InChI is InChI=1S/C16H17ClN2O4/c17-12-5-3-4-11(8-12)10-23-13(20)9-19-14(21)16(18-15(19)22)6-1-2-7-16/h3-5,8H,1-2,6-7,9-10H2,(H,18,22). The molecule has 0 unspecified atom stereocenters. The highest BCUT2D eigenvalue weighted by atomic mass is 35.5. The predicted molar refractivity (Wildman–Crippen MR) is 82.7 cm³/mol. The number of rotatable bonds is 4. The van der Waals surface area contributed by atoms with Crippen LogP contribution in [0.25, 0.3) is 0 Å². The molecule has 3 rings (SSSR count). The molecule has 122 valence electrons. The summed E-state index contributed by atoms with van der Waals surface area (Å²) in [5.74, 6) is -0.941. The molecule has 1 aliphatic heterocycles. The third kappa shape index (κ3) is 3.17. The van der Waals surface area contributed by atoms with Crippen LogP contribution in [-0.4, -0.2) is 34.9 Å². The topological polar surface area (TPSA) is 75.7 Å². The van der Waals surface area contributed by atoms with Crippen molar-refractivity contribution in [1.82, 2.24) is 10.2 Å². The number of ether oxygens (including phenoxy) is 1. The fourth-order valence-corrected chi connectivity index (χ4v) is 3.32. The summed E-state index contributed by atoms with van der Waals surface area (Å²) in [5.41, 5.74) is -0.0556. The van der Waals surface area contributed by atoms with Crippen LogP contribution in [0.3, 0.4) is 0 Å². The molecule has 0 aromatic heterocycles. The second-order valence-electron chi connectivity index (χ2n) is 5.90. The van der Waals surface area contributed by atoms with Crippen LogP contribution in [0.15, 0.2) is 24.3 Å². The summed E-state index contributed by atoms with van der Waals surface area (Å²) in [6, 6.07) is 6.43. The van der Waals surface area contributed by atoms with Gasteiger partial charge in [0.2, 0.25) is 0 Å². The van der Waals surface area contributed by atoms with Crippen LogP contribution in [0.1, 0.15) is 31.2 Å². The summed E-state index contributed by atoms with van der Waals surface area (Å²) in [6.45, 7) is -0.318. The van der Waals surface area contributed by atoms with Gasteiger partial charge in [-0.3, -0.25) is 14.5 Å². The number of hydrogen-bond donors (Lipinski definition) is 1. The molecule has 1 saturated heterocycles. The Bertz CT molecular complexity index is 655. The maximum atomic E-state index is 12.4. The van der Waals surface area contributed by atoms with Crippen LogP contribution in [0.2, 0.25) is 5.02 Å². The molecule has 1 spiro atoms. The zero-order valence-corrected chi connectivity index (χ0v) is 13.3. The molecule has 1 aromatic carbocycles. The van der Waals surface area contributed by atoms with Gasteiger partial charge in [-0.25, -0.2) is 4.79 Å². The van der Waals surface area contributed by atoms with Gasteiger partial charge in [-0.15, -0.1) is 0 Å². The minimum Gasteiger partial charge on any atom is -0.459 e. The van der Waals surface area contributed by atoms with E-state index < -0.39 is 17.5 Å². The molecule has 0 atom stereocenters. The van der Waals surface area contributed by atoms with Crippen LogP contribution >= 0.6 is 11.6 Å². The second kappa shape index (κ2) is 6.20. The van der Waals surface area contributed by atoms with Crippen LogP contribution in [0.4, 0.5) is 4.79 Å². The van der Waals surface area contributed by atoms with E-state index in [9.17, 15) is 14.4 Å². The summed E-state index contributed by atoms with van der Waals surface area (Å²) < 4.78 is 5.12. The smallest absolute Gasteiger partial charge is 0.326 e. The SMILES string of the molecule is O=C(CN1C(=O)NC2(CCCC2)C1=O)OCc1cccc(Cl)c1. The van der Waals surface area contributed by atoms with Crippen molar-refractivity contribution in [3.05, 3.63) is 34.9 Å². The summed E-state index contributed by atoms with van der Waals surface area (Å²) in [5, 5.41) is 3.28. The molecule has 1 aliphatic carbocycles. The quantitative estimate of drug-likeness (QED) is 0.676. The first-order valence-corrected chi connectivity index (χ1v) is 7.92. The van der Waals surface area contributed by atoms with Crippen molar-refractivity contribution in [3.8, 4) is 0 Å². The predicted octanol–water partition coefficient (Wildman–Crippen LogP) is 2.25. The zero-order chi connectivity index (χ0) is 16.4. The molecule has 2 fully saturated rings. The number of halogens is 1. The lowest BCUT2D eigenvalue weighted by Gasteiger charge is -2.19. The molecule has 0 bridgehead atoms. The fraction of sp³-hybridized carbons (Fsp3) is 0.438. The number of amides is 3. The maximum Gasteiger partial charge on any atom is 0.326 e. The number of benzene rings is 1. The molecule has 6 nitrogen and oxygen atoms in total. The Labute approximate surface area is 138 Å². The number of carbonyl (C=O) groups excluding carboxylic acids is 3. The summed E-state index contributed by atoms with van der Waals surface area (Å²) >= 11 is 5.86. The number of imide groups is 1. The van der Waals surface area contributed by atoms with Gasteiger partial charge >= 0.3 is 12.0 Å². The van der Waals surface area contributed by atoms with E-state index >= 15 is 0 Å². The van der Waals surface area contributed by atoms with Crippen molar-refractivity contribution in [2.45, 2.75) is 37.8 Å². The van der Waals surface area contributed by atoms with E-state index in [0.29, 0.717) is 17.9 Å². The Morgan fingerprint density at radius 3 is 2.74 bits per heavy atom. The lowest BCUT2D eigenvalue weighted by molar-refractivity contribution is -0.148. The lowest BCUT2D eigenvalue weighted by Crippen LogP contribution is -2.44. The number of urea groups is 1. The van der Waals surface area contributed by atoms with Gasteiger partial charge in [-0.05, 0) is 30.5 Å². The van der Waals surface area contributed by atoms with Gasteiger partial charge in [-0.1, -0.05) is 36.6 Å². The third-order valence-electron chi connectivity index (χ3n) is 4.28. The van der Waals surface area contributed by atoms with Crippen molar-refractivity contribution >= 4 is 29.5 Å². The van der Waals surface area contributed by atoms with E-state index in [2.05, 4.69) is 5.32 Å². The first-order chi connectivity index (χ1) is 11.0. The summed E-state index contributed by atoms with van der Waals surface area (Å²) in [6.07, 6.45) is 3.06. The van der Waals surface area contributed by atoms with Crippen LogP contribution in [0.5, 0.6) is 0 Å². The highest BCUT2D eigenvalue weighted by Crippen LogP contribution is 2.34. The molecule has 2 aliphatic rings. The Balaban J connectivity index is 1.57. The van der Waals surface area contributed by atoms with Gasteiger partial charge in [0.05, 0.1) is 0 Å². The van der Waals surface area contributed by atoms with E-state index in [1.165, 1.54) is 0 Å². The monoisotopic (exact) mass is 336 g/mol. The molecule has 1 N–H and O–H groups in total. The Kier molecular flexibility index (Phi) is 4.26. The largest absolute Gasteiger partial charge is 0.459 e. The number of nitrogens with zero attached hydrogens (tertiary/aromatic N) is 1. The number of esters is 1. The summed E-state index contributed by atoms with van der Waals surface area (Å²) in [7, 11) is 0. The van der Waals surface area contributed by atoms with Gasteiger partial charge in [-0.2, -0.15) is 0 Å². The lowest BCUT2D eigenvalue weighted by atomic mass is 9.98. The summed E-state index contributed by atoms with van der Waals surface area (Å²) in [4.78, 5) is 37.3. The van der Waals surface area contributed by atoms with E-state index in [4.69, 9.17) is 16.3 Å². The normalized spacial score (nSPS) is 19.3. The Morgan fingerprint density at radius 2 is 2.04 bits per heavy atom. The number of carbonyl (C=O) groups is 3. The Hall–Kier alpha value is -2.08. The highest BCUT2D eigenvalue weighted by molar-refractivity contribution is 6.30. The molecular weight excluding hydrogens is 320 g/mol. The molecule has 7 heteroatoms. The minimum atomic E-state index is -0.801. The van der Waals surface area contributed by atoms with Gasteiger partial charge in [0.15, 0.2) is 0 Å². The van der Waals surface area contributed by atoms with E-state index in [0.717, 1.165) is 23.3 Å². The fourth-order valence-electron chi connectivity index (χ4n) is 3.10. The van der Waals surface area contributed by atoms with Crippen molar-refractivity contribution < 1.29 is 19.1 Å². The average molecular weight is 337 g/mol. The molecule has 1 aromatic rings. The van der Waals surface area contributed by atoms with Crippen molar-refractivity contribution in [1.29, 1.82) is 0 Å². The van der Waals surface area contributed by atoms with E-state index in [1.54, 1.807) is 24.3 Å². The van der Waals surface area contributed by atoms with Gasteiger partial charge < -0.3 is 10.1 Å². The van der Waals surface area contributed by atoms with Gasteiger partial charge in [0, 0.05) is 5.02 Å². The van der Waals surface area contributed by atoms with Crippen molar-refractivity contribution in [2.75, 3.05) is 6.54 Å². The first kappa shape index (κ1) is 15.8. The molecule has 23 heavy (non-hydrogen) atoms. The van der Waals surface area contributed by atoms with Crippen LogP contribution in [-0.2, 0) is 20.9 Å². The molecule has 1 saturated carbocycles. The van der Waals surface area contributed by atoms with Gasteiger partial charge in [0.25, 0.3) is 5.91 Å². The van der Waals surface area contributed by atoms with Crippen molar-refractivity contribution in [2.24, 2.45) is 0 Å². The molecular formula is C16H17ClN2O4. The van der Waals surface area contributed by atoms with Crippen LogP contribution in [0, 0.1) is 0 Å². The highest BCUT2D eigenvalue weighted by Gasteiger charge is 2.52. The molecule has 0 radical (unpaired) electrons. The third-order valence-corrected chi connectivity index (χ3v) is 4.51. The van der Waals surface area contributed by atoms with E-state index in [1.807, 2.05) is 0 Å². The second-order valence-corrected chi connectivity index (χ2v) is 6.34. The number of hydrogen-bond acceptors (Lipinski definition) is 4.